The number of fused-ring (bicyclic) bond motifs is 1. The molecular formula is C19H26O2. The lowest BCUT2D eigenvalue weighted by molar-refractivity contribution is -0.147. The predicted octanol–water partition coefficient (Wildman–Crippen LogP) is 5.44. The lowest BCUT2D eigenvalue weighted by Gasteiger charge is -2.12. The highest BCUT2D eigenvalue weighted by Crippen LogP contribution is 2.31. The number of ether oxygens (including phenoxy) is 1. The van der Waals surface area contributed by atoms with Crippen LogP contribution in [0.4, 0.5) is 0 Å². The molecule has 2 nitrogen and oxygen atoms in total. The second-order valence-corrected chi connectivity index (χ2v) is 5.77. The number of carbonyl (C=O) groups is 1. The van der Waals surface area contributed by atoms with Gasteiger partial charge in [0, 0.05) is 12.0 Å². The van der Waals surface area contributed by atoms with Gasteiger partial charge in [-0.05, 0) is 18.1 Å². The van der Waals surface area contributed by atoms with Gasteiger partial charge in [-0.2, -0.15) is 0 Å². The largest absolute Gasteiger partial charge is 0.453 e. The normalized spacial score (nSPS) is 16.0. The van der Waals surface area contributed by atoms with E-state index in [2.05, 4.69) is 13.0 Å². The van der Waals surface area contributed by atoms with Crippen molar-refractivity contribution >= 4 is 12.0 Å². The third-order valence-corrected chi connectivity index (χ3v) is 4.00. The molecule has 1 aliphatic rings. The number of rotatable bonds is 9. The first-order chi connectivity index (χ1) is 10.3. The first kappa shape index (κ1) is 15.8. The summed E-state index contributed by atoms with van der Waals surface area (Å²) in [6.07, 6.45) is 12.9. The molecular weight excluding hydrogens is 260 g/mol. The van der Waals surface area contributed by atoms with E-state index in [1.807, 2.05) is 30.4 Å². The van der Waals surface area contributed by atoms with Crippen molar-refractivity contribution in [3.8, 4) is 0 Å². The first-order valence-electron chi connectivity index (χ1n) is 8.28. The van der Waals surface area contributed by atoms with Gasteiger partial charge >= 0.3 is 5.97 Å². The van der Waals surface area contributed by atoms with E-state index in [4.69, 9.17) is 4.74 Å². The average Bonchev–Trinajstić information content (AvgIpc) is 2.90. The third kappa shape index (κ3) is 5.04. The Hall–Kier alpha value is -1.57. The molecule has 21 heavy (non-hydrogen) atoms. The van der Waals surface area contributed by atoms with Crippen LogP contribution in [0.25, 0.3) is 6.08 Å². The fraction of sp³-hybridized carbons (Fsp3) is 0.526. The number of hydrogen-bond acceptors (Lipinski definition) is 2. The number of esters is 1. The summed E-state index contributed by atoms with van der Waals surface area (Å²) in [4.78, 5) is 11.9. The summed E-state index contributed by atoms with van der Waals surface area (Å²) in [6, 6.07) is 8.08. The highest BCUT2D eigenvalue weighted by Gasteiger charge is 2.20. The van der Waals surface area contributed by atoms with Crippen molar-refractivity contribution in [1.29, 1.82) is 0 Å². The molecule has 1 aromatic rings. The summed E-state index contributed by atoms with van der Waals surface area (Å²) < 4.78 is 5.56. The summed E-state index contributed by atoms with van der Waals surface area (Å²) >= 11 is 0. The van der Waals surface area contributed by atoms with Gasteiger partial charge in [0.2, 0.25) is 0 Å². The van der Waals surface area contributed by atoms with Gasteiger partial charge in [0.05, 0.1) is 0 Å². The smallest absolute Gasteiger partial charge is 0.306 e. The highest BCUT2D eigenvalue weighted by molar-refractivity contribution is 5.71. The van der Waals surface area contributed by atoms with Gasteiger partial charge < -0.3 is 4.74 Å². The number of hydrogen-bond donors (Lipinski definition) is 0. The minimum atomic E-state index is -0.182. The maximum absolute atomic E-state index is 11.9. The Bertz CT molecular complexity index is 476. The van der Waals surface area contributed by atoms with Gasteiger partial charge in [-0.15, -0.1) is 0 Å². The van der Waals surface area contributed by atoms with Gasteiger partial charge in [0.15, 0.2) is 0 Å². The van der Waals surface area contributed by atoms with Crippen LogP contribution in [0, 0.1) is 0 Å². The van der Waals surface area contributed by atoms with Crippen LogP contribution in [0.15, 0.2) is 30.3 Å². The van der Waals surface area contributed by atoms with Crippen molar-refractivity contribution in [3.63, 3.8) is 0 Å². The molecule has 0 saturated heterocycles. The SMILES string of the molecule is CCCCCCCCCC(=O)OC1C=Cc2ccccc21. The fourth-order valence-electron chi connectivity index (χ4n) is 2.75. The lowest BCUT2D eigenvalue weighted by atomic mass is 10.1. The predicted molar refractivity (Wildman–Crippen MR) is 86.9 cm³/mol. The standard InChI is InChI=1S/C19H26O2/c1-2-3-4-5-6-7-8-13-19(20)21-18-15-14-16-11-9-10-12-17(16)18/h9-12,14-15,18H,2-8,13H2,1H3. The molecule has 0 N–H and O–H groups in total. The summed E-state index contributed by atoms with van der Waals surface area (Å²) in [5.74, 6) is -0.0742. The van der Waals surface area contributed by atoms with Crippen LogP contribution < -0.4 is 0 Å². The maximum Gasteiger partial charge on any atom is 0.306 e. The van der Waals surface area contributed by atoms with Crippen LogP contribution in [0.5, 0.6) is 0 Å². The Labute approximate surface area is 128 Å². The zero-order valence-corrected chi connectivity index (χ0v) is 13.0. The van der Waals surface area contributed by atoms with Crippen molar-refractivity contribution in [1.82, 2.24) is 0 Å². The van der Waals surface area contributed by atoms with Crippen molar-refractivity contribution in [3.05, 3.63) is 41.5 Å². The van der Waals surface area contributed by atoms with E-state index in [-0.39, 0.29) is 12.1 Å². The van der Waals surface area contributed by atoms with Crippen LogP contribution in [-0.2, 0) is 9.53 Å². The molecule has 114 valence electrons. The number of carbonyl (C=O) groups excluding carboxylic acids is 1. The molecule has 0 radical (unpaired) electrons. The molecule has 2 heteroatoms. The zero-order valence-electron chi connectivity index (χ0n) is 13.0. The highest BCUT2D eigenvalue weighted by atomic mass is 16.5. The minimum Gasteiger partial charge on any atom is -0.453 e. The van der Waals surface area contributed by atoms with Crippen LogP contribution in [0.1, 0.15) is 75.5 Å². The fourth-order valence-corrected chi connectivity index (χ4v) is 2.75. The van der Waals surface area contributed by atoms with E-state index in [1.54, 1.807) is 0 Å². The van der Waals surface area contributed by atoms with Crippen molar-refractivity contribution in [2.45, 2.75) is 64.4 Å². The molecule has 1 aromatic carbocycles. The van der Waals surface area contributed by atoms with Crippen molar-refractivity contribution in [2.24, 2.45) is 0 Å². The van der Waals surface area contributed by atoms with Gasteiger partial charge in [-0.3, -0.25) is 4.79 Å². The molecule has 1 atom stereocenters. The van der Waals surface area contributed by atoms with Crippen LogP contribution in [0.3, 0.4) is 0 Å². The minimum absolute atomic E-state index is 0.0742. The number of benzene rings is 1. The van der Waals surface area contributed by atoms with Crippen LogP contribution in [0.2, 0.25) is 0 Å². The third-order valence-electron chi connectivity index (χ3n) is 4.00. The summed E-state index contributed by atoms with van der Waals surface area (Å²) in [5.41, 5.74) is 2.26. The quantitative estimate of drug-likeness (QED) is 0.446. The second kappa shape index (κ2) is 8.66. The van der Waals surface area contributed by atoms with E-state index in [1.165, 1.54) is 32.1 Å². The molecule has 0 aromatic heterocycles. The molecule has 0 bridgehead atoms. The Morgan fingerprint density at radius 3 is 2.57 bits per heavy atom. The lowest BCUT2D eigenvalue weighted by Crippen LogP contribution is -2.08. The molecule has 0 saturated carbocycles. The summed E-state index contributed by atoms with van der Waals surface area (Å²) in [7, 11) is 0. The monoisotopic (exact) mass is 286 g/mol. The Balaban J connectivity index is 1.62. The molecule has 0 amide bonds. The molecule has 1 unspecified atom stereocenters. The Morgan fingerprint density at radius 1 is 1.05 bits per heavy atom. The topological polar surface area (TPSA) is 26.3 Å². The van der Waals surface area contributed by atoms with E-state index < -0.39 is 0 Å². The second-order valence-electron chi connectivity index (χ2n) is 5.77. The molecule has 0 heterocycles. The summed E-state index contributed by atoms with van der Waals surface area (Å²) in [5, 5.41) is 0. The Morgan fingerprint density at radius 2 is 1.76 bits per heavy atom. The Kier molecular flexibility index (Phi) is 6.52. The van der Waals surface area contributed by atoms with Crippen molar-refractivity contribution < 1.29 is 9.53 Å². The van der Waals surface area contributed by atoms with Gasteiger partial charge in [0.1, 0.15) is 6.10 Å². The van der Waals surface area contributed by atoms with E-state index in [9.17, 15) is 4.79 Å². The molecule has 0 spiro atoms. The van der Waals surface area contributed by atoms with Crippen LogP contribution in [-0.4, -0.2) is 5.97 Å². The van der Waals surface area contributed by atoms with Gasteiger partial charge in [-0.1, -0.05) is 75.8 Å². The number of unbranched alkanes of at least 4 members (excludes halogenated alkanes) is 6. The average molecular weight is 286 g/mol. The molecule has 0 aliphatic heterocycles. The maximum atomic E-state index is 11.9. The van der Waals surface area contributed by atoms with Gasteiger partial charge in [-0.25, -0.2) is 0 Å². The van der Waals surface area contributed by atoms with E-state index in [0.717, 1.165) is 24.0 Å². The van der Waals surface area contributed by atoms with Crippen molar-refractivity contribution in [2.75, 3.05) is 0 Å². The van der Waals surface area contributed by atoms with E-state index in [0.29, 0.717) is 6.42 Å². The molecule has 2 rings (SSSR count). The zero-order chi connectivity index (χ0) is 14.9. The summed E-state index contributed by atoms with van der Waals surface area (Å²) in [6.45, 7) is 2.23. The van der Waals surface area contributed by atoms with Gasteiger partial charge in [0.25, 0.3) is 0 Å². The first-order valence-corrected chi connectivity index (χ1v) is 8.28. The van der Waals surface area contributed by atoms with E-state index >= 15 is 0 Å². The molecule has 1 aliphatic carbocycles. The molecule has 0 fully saturated rings. The van der Waals surface area contributed by atoms with Crippen LogP contribution >= 0.6 is 0 Å².